The molecule has 100 valence electrons. The Balaban J connectivity index is 0.000000331. The third-order valence-electron chi connectivity index (χ3n) is 1.94. The van der Waals surface area contributed by atoms with Gasteiger partial charge in [-0.3, -0.25) is 4.79 Å². The molecule has 0 radical (unpaired) electrons. The van der Waals surface area contributed by atoms with Crippen LogP contribution in [0.4, 0.5) is 4.79 Å². The van der Waals surface area contributed by atoms with Crippen molar-refractivity contribution >= 4 is 23.0 Å². The highest BCUT2D eigenvalue weighted by Crippen LogP contribution is 2.09. The number of unbranched alkanes of at least 4 members (excludes halogenated alkanes) is 2. The van der Waals surface area contributed by atoms with E-state index in [1.54, 1.807) is 24.3 Å². The lowest BCUT2D eigenvalue weighted by atomic mass is 10.2. The zero-order valence-electron chi connectivity index (χ0n) is 10.3. The van der Waals surface area contributed by atoms with E-state index in [1.807, 2.05) is 6.07 Å². The summed E-state index contributed by atoms with van der Waals surface area (Å²) in [6.45, 7) is 2.06. The Morgan fingerprint density at radius 1 is 1.22 bits per heavy atom. The Morgan fingerprint density at radius 3 is 2.28 bits per heavy atom. The first-order valence-corrected chi connectivity index (χ1v) is 6.08. The van der Waals surface area contributed by atoms with Gasteiger partial charge in [0.15, 0.2) is 0 Å². The number of carboxylic acids is 1. The maximum absolute atomic E-state index is 10.2. The second kappa shape index (κ2) is 10.6. The van der Waals surface area contributed by atoms with Gasteiger partial charge in [0, 0.05) is 18.0 Å². The Bertz CT molecular complexity index is 351. The molecule has 0 bridgehead atoms. The number of halogens is 1. The summed E-state index contributed by atoms with van der Waals surface area (Å²) in [7, 11) is 0. The zero-order valence-corrected chi connectivity index (χ0v) is 11.0. The average molecular weight is 273 g/mol. The number of rotatable bonds is 5. The second-order valence-electron chi connectivity index (χ2n) is 3.50. The number of carbonyl (C=O) groups excluding carboxylic acids is 1. The number of carbonyl (C=O) groups is 2. The Kier molecular flexibility index (Phi) is 9.68. The van der Waals surface area contributed by atoms with Gasteiger partial charge >= 0.3 is 11.4 Å². The molecule has 1 aromatic rings. The first-order valence-electron chi connectivity index (χ1n) is 5.70. The SMILES string of the molecule is CCCCCC(=O)O.O=C(Cl)Oc1ccccc1. The van der Waals surface area contributed by atoms with Crippen LogP contribution < -0.4 is 4.74 Å². The molecule has 0 aromatic heterocycles. The van der Waals surface area contributed by atoms with Gasteiger partial charge in [0.2, 0.25) is 0 Å². The summed E-state index contributed by atoms with van der Waals surface area (Å²) in [5, 5.41) is 8.14. The molecule has 0 amide bonds. The molecular formula is C13H17ClO4. The zero-order chi connectivity index (χ0) is 13.8. The van der Waals surface area contributed by atoms with E-state index < -0.39 is 11.4 Å². The molecule has 1 aromatic carbocycles. The van der Waals surface area contributed by atoms with Crippen molar-refractivity contribution in [2.45, 2.75) is 32.6 Å². The van der Waals surface area contributed by atoms with Gasteiger partial charge in [-0.2, -0.15) is 0 Å². The van der Waals surface area contributed by atoms with Crippen LogP contribution in [0.2, 0.25) is 0 Å². The van der Waals surface area contributed by atoms with Gasteiger partial charge in [-0.1, -0.05) is 38.0 Å². The molecule has 0 aliphatic heterocycles. The topological polar surface area (TPSA) is 63.6 Å². The first kappa shape index (κ1) is 16.4. The van der Waals surface area contributed by atoms with Gasteiger partial charge in [-0.15, -0.1) is 0 Å². The van der Waals surface area contributed by atoms with Crippen LogP contribution in [0, 0.1) is 0 Å². The summed E-state index contributed by atoms with van der Waals surface area (Å²) in [4.78, 5) is 20.0. The monoisotopic (exact) mass is 272 g/mol. The van der Waals surface area contributed by atoms with Gasteiger partial charge in [0.05, 0.1) is 0 Å². The number of benzene rings is 1. The number of para-hydroxylation sites is 1. The molecule has 5 heteroatoms. The van der Waals surface area contributed by atoms with Crippen molar-refractivity contribution < 1.29 is 19.4 Å². The van der Waals surface area contributed by atoms with Crippen molar-refractivity contribution in [2.75, 3.05) is 0 Å². The quantitative estimate of drug-likeness (QED) is 0.648. The van der Waals surface area contributed by atoms with Crippen LogP contribution in [-0.4, -0.2) is 16.5 Å². The van der Waals surface area contributed by atoms with E-state index in [-0.39, 0.29) is 0 Å². The van der Waals surface area contributed by atoms with Crippen molar-refractivity contribution in [2.24, 2.45) is 0 Å². The maximum Gasteiger partial charge on any atom is 0.409 e. The Hall–Kier alpha value is -1.55. The van der Waals surface area contributed by atoms with E-state index in [0.29, 0.717) is 12.2 Å². The summed E-state index contributed by atoms with van der Waals surface area (Å²) < 4.78 is 4.54. The number of carboxylic acid groups (broad SMARTS) is 1. The second-order valence-corrected chi connectivity index (χ2v) is 3.81. The number of hydrogen-bond acceptors (Lipinski definition) is 3. The summed E-state index contributed by atoms with van der Waals surface area (Å²) in [6, 6.07) is 8.65. The van der Waals surface area contributed by atoms with Crippen molar-refractivity contribution in [3.05, 3.63) is 30.3 Å². The third kappa shape index (κ3) is 11.0. The summed E-state index contributed by atoms with van der Waals surface area (Å²) in [5.74, 6) is -0.221. The highest BCUT2D eigenvalue weighted by Gasteiger charge is 1.95. The third-order valence-corrected chi connectivity index (χ3v) is 2.01. The van der Waals surface area contributed by atoms with Gasteiger partial charge in [-0.05, 0) is 18.6 Å². The van der Waals surface area contributed by atoms with E-state index in [9.17, 15) is 9.59 Å². The van der Waals surface area contributed by atoms with Crippen LogP contribution in [-0.2, 0) is 4.79 Å². The minimum atomic E-state index is -0.814. The molecule has 1 rings (SSSR count). The smallest absolute Gasteiger partial charge is 0.409 e. The fourth-order valence-electron chi connectivity index (χ4n) is 1.11. The van der Waals surface area contributed by atoms with Crippen LogP contribution in [0.5, 0.6) is 5.75 Å². The molecule has 0 spiro atoms. The molecule has 4 nitrogen and oxygen atoms in total. The van der Waals surface area contributed by atoms with E-state index in [1.165, 1.54) is 0 Å². The summed E-state index contributed by atoms with van der Waals surface area (Å²) in [6.07, 6.45) is 3.28. The van der Waals surface area contributed by atoms with E-state index in [0.717, 1.165) is 19.3 Å². The Labute approximate surface area is 112 Å². The van der Waals surface area contributed by atoms with Crippen LogP contribution in [0.15, 0.2) is 30.3 Å². The van der Waals surface area contributed by atoms with Crippen molar-refractivity contribution in [3.63, 3.8) is 0 Å². The summed E-state index contributed by atoms with van der Waals surface area (Å²) >= 11 is 4.95. The predicted octanol–water partition coefficient (Wildman–Crippen LogP) is 4.08. The minimum Gasteiger partial charge on any atom is -0.481 e. The molecular weight excluding hydrogens is 256 g/mol. The highest BCUT2D eigenvalue weighted by atomic mass is 35.5. The fraction of sp³-hybridized carbons (Fsp3) is 0.385. The van der Waals surface area contributed by atoms with Gasteiger partial charge < -0.3 is 9.84 Å². The average Bonchev–Trinajstić information content (AvgIpc) is 2.30. The van der Waals surface area contributed by atoms with Crippen molar-refractivity contribution in [1.29, 1.82) is 0 Å². The van der Waals surface area contributed by atoms with Crippen LogP contribution in [0.25, 0.3) is 0 Å². The van der Waals surface area contributed by atoms with Gasteiger partial charge in [0.25, 0.3) is 0 Å². The van der Waals surface area contributed by atoms with Crippen LogP contribution in [0.3, 0.4) is 0 Å². The number of ether oxygens (including phenoxy) is 1. The molecule has 1 N–H and O–H groups in total. The molecule has 0 aliphatic rings. The van der Waals surface area contributed by atoms with Gasteiger partial charge in [0.1, 0.15) is 5.75 Å². The molecule has 0 fully saturated rings. The minimum absolute atomic E-state index is 0.327. The standard InChI is InChI=1S/C7H5ClO2.C6H12O2/c8-7(9)10-6-4-2-1-3-5-6;1-2-3-4-5-6(7)8/h1-5H;2-5H2,1H3,(H,7,8). The molecule has 0 aliphatic carbocycles. The molecule has 0 saturated heterocycles. The van der Waals surface area contributed by atoms with Crippen LogP contribution >= 0.6 is 11.6 Å². The molecule has 0 saturated carbocycles. The lowest BCUT2D eigenvalue weighted by Crippen LogP contribution is -1.94. The number of hydrogen-bond donors (Lipinski definition) is 1. The summed E-state index contributed by atoms with van der Waals surface area (Å²) in [5.41, 5.74) is -0.814. The van der Waals surface area contributed by atoms with Crippen molar-refractivity contribution in [1.82, 2.24) is 0 Å². The normalized spacial score (nSPS) is 9.00. The maximum atomic E-state index is 10.2. The Morgan fingerprint density at radius 2 is 1.83 bits per heavy atom. The lowest BCUT2D eigenvalue weighted by Gasteiger charge is -1.95. The molecule has 18 heavy (non-hydrogen) atoms. The molecule has 0 atom stereocenters. The lowest BCUT2D eigenvalue weighted by molar-refractivity contribution is -0.137. The van der Waals surface area contributed by atoms with E-state index in [2.05, 4.69) is 11.7 Å². The molecule has 0 unspecified atom stereocenters. The van der Waals surface area contributed by atoms with E-state index in [4.69, 9.17) is 16.7 Å². The number of aliphatic carboxylic acids is 1. The largest absolute Gasteiger partial charge is 0.481 e. The van der Waals surface area contributed by atoms with E-state index >= 15 is 0 Å². The predicted molar refractivity (Wildman–Crippen MR) is 70.1 cm³/mol. The first-order chi connectivity index (χ1) is 8.56. The van der Waals surface area contributed by atoms with Crippen molar-refractivity contribution in [3.8, 4) is 5.75 Å². The molecule has 0 heterocycles. The van der Waals surface area contributed by atoms with Crippen LogP contribution in [0.1, 0.15) is 32.6 Å². The highest BCUT2D eigenvalue weighted by molar-refractivity contribution is 6.61. The fourth-order valence-corrected chi connectivity index (χ4v) is 1.20. The van der Waals surface area contributed by atoms with Gasteiger partial charge in [-0.25, -0.2) is 4.79 Å².